The second-order valence-corrected chi connectivity index (χ2v) is 9.75. The van der Waals surface area contributed by atoms with Gasteiger partial charge in [-0.15, -0.1) is 0 Å². The summed E-state index contributed by atoms with van der Waals surface area (Å²) in [6.45, 7) is 2.52. The smallest absolute Gasteiger partial charge is 0.356 e. The van der Waals surface area contributed by atoms with Gasteiger partial charge in [0.1, 0.15) is 42.1 Å². The van der Waals surface area contributed by atoms with Crippen molar-refractivity contribution in [1.82, 2.24) is 0 Å². The molecule has 0 fully saturated rings. The number of hydrogen-bond donors (Lipinski definition) is 1. The standard InChI is InChI=1S/C33H26N2O6/c1-20-6-8-21(9-7-20)18-37-23-12-10-22(11-13-23)31-25-15-14-24(16-29(25)41-32(35)26(31)17-34)39-33(36)30-19-38-27-4-2-3-5-28(27)40-30/h2-16,30-31H,18-19,35H2,1H3. The molecule has 0 aromatic heterocycles. The van der Waals surface area contributed by atoms with E-state index in [1.807, 2.05) is 61.5 Å². The maximum atomic E-state index is 12.8. The Morgan fingerprint density at radius 1 is 0.951 bits per heavy atom. The second kappa shape index (κ2) is 11.0. The largest absolute Gasteiger partial charge is 0.489 e. The second-order valence-electron chi connectivity index (χ2n) is 9.75. The van der Waals surface area contributed by atoms with Gasteiger partial charge in [0.05, 0.1) is 5.92 Å². The Morgan fingerprint density at radius 3 is 2.44 bits per heavy atom. The van der Waals surface area contributed by atoms with Crippen molar-refractivity contribution in [2.24, 2.45) is 5.73 Å². The van der Waals surface area contributed by atoms with E-state index >= 15 is 0 Å². The first-order valence-electron chi connectivity index (χ1n) is 13.1. The van der Waals surface area contributed by atoms with Gasteiger partial charge in [0.25, 0.3) is 0 Å². The van der Waals surface area contributed by atoms with E-state index < -0.39 is 18.0 Å². The maximum Gasteiger partial charge on any atom is 0.356 e. The summed E-state index contributed by atoms with van der Waals surface area (Å²) in [5.41, 5.74) is 10.3. The molecule has 0 spiro atoms. The zero-order chi connectivity index (χ0) is 28.3. The van der Waals surface area contributed by atoms with E-state index in [-0.39, 0.29) is 18.2 Å². The molecule has 0 saturated carbocycles. The SMILES string of the molecule is Cc1ccc(COc2ccc(C3C(C#N)=C(N)Oc4cc(OC(=O)C5COc6ccccc6O5)ccc43)cc2)cc1. The number of nitrogens with zero attached hydrogens (tertiary/aromatic N) is 1. The van der Waals surface area contributed by atoms with Gasteiger partial charge in [-0.25, -0.2) is 4.79 Å². The number of esters is 1. The van der Waals surface area contributed by atoms with E-state index in [2.05, 4.69) is 6.07 Å². The molecule has 8 nitrogen and oxygen atoms in total. The van der Waals surface area contributed by atoms with Gasteiger partial charge in [-0.2, -0.15) is 5.26 Å². The Kier molecular flexibility index (Phi) is 6.92. The molecule has 0 saturated heterocycles. The zero-order valence-corrected chi connectivity index (χ0v) is 22.2. The molecule has 6 rings (SSSR count). The van der Waals surface area contributed by atoms with Crippen molar-refractivity contribution in [3.05, 3.63) is 125 Å². The zero-order valence-electron chi connectivity index (χ0n) is 22.2. The molecule has 4 aromatic rings. The summed E-state index contributed by atoms with van der Waals surface area (Å²) in [5.74, 6) is 1.33. The van der Waals surface area contributed by atoms with Crippen LogP contribution < -0.4 is 29.4 Å². The average Bonchev–Trinajstić information content (AvgIpc) is 3.00. The summed E-state index contributed by atoms with van der Waals surface area (Å²) < 4.78 is 28.7. The first-order chi connectivity index (χ1) is 20.0. The average molecular weight is 547 g/mol. The lowest BCUT2D eigenvalue weighted by molar-refractivity contribution is -0.144. The Hall–Kier alpha value is -5.42. The topological polar surface area (TPSA) is 113 Å². The van der Waals surface area contributed by atoms with E-state index in [1.165, 1.54) is 5.56 Å². The van der Waals surface area contributed by atoms with Crippen LogP contribution in [0.2, 0.25) is 0 Å². The monoisotopic (exact) mass is 546 g/mol. The van der Waals surface area contributed by atoms with Crippen LogP contribution in [0.5, 0.6) is 28.7 Å². The molecule has 0 bridgehead atoms. The number of carbonyl (C=O) groups excluding carboxylic acids is 1. The molecule has 4 aromatic carbocycles. The lowest BCUT2D eigenvalue weighted by Crippen LogP contribution is -2.39. The molecular weight excluding hydrogens is 520 g/mol. The molecule has 204 valence electrons. The Bertz CT molecular complexity index is 1670. The third-order valence-electron chi connectivity index (χ3n) is 6.92. The van der Waals surface area contributed by atoms with Crippen LogP contribution in [0.4, 0.5) is 0 Å². The van der Waals surface area contributed by atoms with Crippen molar-refractivity contribution in [2.45, 2.75) is 25.6 Å². The number of rotatable bonds is 6. The quantitative estimate of drug-likeness (QED) is 0.248. The van der Waals surface area contributed by atoms with Gasteiger partial charge < -0.3 is 29.4 Å². The number of aryl methyl sites for hydroxylation is 1. The highest BCUT2D eigenvalue weighted by atomic mass is 16.6. The van der Waals surface area contributed by atoms with Gasteiger partial charge in [-0.05, 0) is 48.4 Å². The summed E-state index contributed by atoms with van der Waals surface area (Å²) in [7, 11) is 0. The highest BCUT2D eigenvalue weighted by molar-refractivity contribution is 5.78. The molecule has 2 aliphatic rings. The number of nitriles is 1. The van der Waals surface area contributed by atoms with E-state index in [0.29, 0.717) is 35.2 Å². The third kappa shape index (κ3) is 5.38. The number of benzene rings is 4. The van der Waals surface area contributed by atoms with Crippen LogP contribution in [0.25, 0.3) is 0 Å². The van der Waals surface area contributed by atoms with Crippen molar-refractivity contribution >= 4 is 5.97 Å². The molecule has 0 amide bonds. The lowest BCUT2D eigenvalue weighted by Gasteiger charge is -2.27. The number of hydrogen-bond acceptors (Lipinski definition) is 8. The van der Waals surface area contributed by atoms with Crippen LogP contribution in [0, 0.1) is 18.3 Å². The number of fused-ring (bicyclic) bond motifs is 2. The molecule has 41 heavy (non-hydrogen) atoms. The minimum atomic E-state index is -0.920. The predicted molar refractivity (Wildman–Crippen MR) is 150 cm³/mol. The van der Waals surface area contributed by atoms with Gasteiger partial charge in [-0.1, -0.05) is 60.2 Å². The van der Waals surface area contributed by atoms with Crippen molar-refractivity contribution < 1.29 is 28.5 Å². The van der Waals surface area contributed by atoms with Crippen LogP contribution in [0.3, 0.4) is 0 Å². The molecule has 2 N–H and O–H groups in total. The number of para-hydroxylation sites is 2. The molecule has 2 unspecified atom stereocenters. The lowest BCUT2D eigenvalue weighted by atomic mass is 9.83. The number of carbonyl (C=O) groups is 1. The van der Waals surface area contributed by atoms with Gasteiger partial charge in [-0.3, -0.25) is 0 Å². The van der Waals surface area contributed by atoms with E-state index in [1.54, 1.807) is 36.4 Å². The molecule has 2 heterocycles. The van der Waals surface area contributed by atoms with E-state index in [9.17, 15) is 10.1 Å². The molecular formula is C33H26N2O6. The van der Waals surface area contributed by atoms with Crippen molar-refractivity contribution in [2.75, 3.05) is 6.61 Å². The summed E-state index contributed by atoms with van der Waals surface area (Å²) in [6, 6.07) is 30.0. The highest BCUT2D eigenvalue weighted by Gasteiger charge is 2.32. The van der Waals surface area contributed by atoms with Gasteiger partial charge in [0.15, 0.2) is 11.5 Å². The number of allylic oxidation sites excluding steroid dienone is 1. The molecule has 0 radical (unpaired) electrons. The first kappa shape index (κ1) is 25.8. The molecule has 0 aliphatic carbocycles. The van der Waals surface area contributed by atoms with Gasteiger partial charge in [0.2, 0.25) is 12.0 Å². The third-order valence-corrected chi connectivity index (χ3v) is 6.92. The van der Waals surface area contributed by atoms with Crippen LogP contribution in [0.15, 0.2) is 102 Å². The summed E-state index contributed by atoms with van der Waals surface area (Å²) in [6.07, 6.45) is -0.920. The fraction of sp³-hybridized carbons (Fsp3) is 0.152. The van der Waals surface area contributed by atoms with Gasteiger partial charge in [0, 0.05) is 11.6 Å². The number of ether oxygens (including phenoxy) is 5. The summed E-state index contributed by atoms with van der Waals surface area (Å²) in [4.78, 5) is 12.8. The highest BCUT2D eigenvalue weighted by Crippen LogP contribution is 2.44. The minimum Gasteiger partial charge on any atom is -0.489 e. The van der Waals surface area contributed by atoms with Crippen LogP contribution in [0.1, 0.15) is 28.2 Å². The number of nitrogens with two attached hydrogens (primary N) is 1. The van der Waals surface area contributed by atoms with E-state index in [4.69, 9.17) is 29.4 Å². The normalized spacial score (nSPS) is 17.1. The Labute approximate surface area is 237 Å². The minimum absolute atomic E-state index is 0.00575. The maximum absolute atomic E-state index is 12.8. The van der Waals surface area contributed by atoms with Gasteiger partial charge >= 0.3 is 5.97 Å². The van der Waals surface area contributed by atoms with Crippen LogP contribution in [-0.4, -0.2) is 18.7 Å². The fourth-order valence-corrected chi connectivity index (χ4v) is 4.77. The fourth-order valence-electron chi connectivity index (χ4n) is 4.77. The summed E-state index contributed by atoms with van der Waals surface area (Å²) in [5, 5.41) is 9.90. The summed E-state index contributed by atoms with van der Waals surface area (Å²) >= 11 is 0. The van der Waals surface area contributed by atoms with Crippen molar-refractivity contribution in [3.63, 3.8) is 0 Å². The van der Waals surface area contributed by atoms with Crippen LogP contribution in [-0.2, 0) is 11.4 Å². The van der Waals surface area contributed by atoms with E-state index in [0.717, 1.165) is 16.7 Å². The Morgan fingerprint density at radius 2 is 1.68 bits per heavy atom. The predicted octanol–water partition coefficient (Wildman–Crippen LogP) is 5.54. The van der Waals surface area contributed by atoms with Crippen molar-refractivity contribution in [1.29, 1.82) is 5.26 Å². The van der Waals surface area contributed by atoms with Crippen LogP contribution >= 0.6 is 0 Å². The first-order valence-corrected chi connectivity index (χ1v) is 13.1. The van der Waals surface area contributed by atoms with Crippen molar-refractivity contribution in [3.8, 4) is 34.8 Å². The molecule has 2 atom stereocenters. The molecule has 8 heteroatoms. The Balaban J connectivity index is 1.19. The molecule has 2 aliphatic heterocycles.